The number of thiophene rings is 1. The van der Waals surface area contributed by atoms with E-state index in [4.69, 9.17) is 0 Å². The molecule has 5 nitrogen and oxygen atoms in total. The van der Waals surface area contributed by atoms with Crippen LogP contribution in [0.15, 0.2) is 11.4 Å². The summed E-state index contributed by atoms with van der Waals surface area (Å²) in [6, 6.07) is 2.53. The second-order valence-corrected chi connectivity index (χ2v) is 11.4. The van der Waals surface area contributed by atoms with Crippen molar-refractivity contribution >= 4 is 27.3 Å². The Kier molecular flexibility index (Phi) is 5.63. The van der Waals surface area contributed by atoms with Crippen molar-refractivity contribution in [3.05, 3.63) is 21.9 Å². The van der Waals surface area contributed by atoms with E-state index < -0.39 is 10.0 Å². The van der Waals surface area contributed by atoms with Crippen molar-refractivity contribution < 1.29 is 13.2 Å². The Bertz CT molecular complexity index is 779. The summed E-state index contributed by atoms with van der Waals surface area (Å²) in [5.74, 6) is 1.29. The molecule has 2 aliphatic heterocycles. The molecule has 2 atom stereocenters. The van der Waals surface area contributed by atoms with Crippen LogP contribution in [0.5, 0.6) is 0 Å². The standard InChI is InChI=1S/C20H30N2O3S2/c1-27(24,25)21-11-8-16(9-12-21)19-13-17(14-26-19)20(23)22-10-4-6-15-5-2-3-7-18(15)22/h13-16,18H,2-12H2,1H3. The number of sulfonamides is 1. The van der Waals surface area contributed by atoms with Gasteiger partial charge in [-0.05, 0) is 56.4 Å². The quantitative estimate of drug-likeness (QED) is 0.764. The molecule has 0 aromatic carbocycles. The molecule has 1 aromatic rings. The van der Waals surface area contributed by atoms with Gasteiger partial charge in [0.1, 0.15) is 0 Å². The molecule has 2 unspecified atom stereocenters. The fraction of sp³-hybridized carbons (Fsp3) is 0.750. The smallest absolute Gasteiger partial charge is 0.254 e. The van der Waals surface area contributed by atoms with Gasteiger partial charge in [-0.25, -0.2) is 12.7 Å². The molecule has 1 aromatic heterocycles. The van der Waals surface area contributed by atoms with Gasteiger partial charge in [-0.2, -0.15) is 0 Å². The number of likely N-dealkylation sites (tertiary alicyclic amines) is 1. The van der Waals surface area contributed by atoms with Gasteiger partial charge in [-0.1, -0.05) is 12.8 Å². The van der Waals surface area contributed by atoms with Gasteiger partial charge in [0.15, 0.2) is 0 Å². The molecule has 27 heavy (non-hydrogen) atoms. The summed E-state index contributed by atoms with van der Waals surface area (Å²) in [6.07, 6.45) is 10.4. The minimum atomic E-state index is -3.09. The Labute approximate surface area is 166 Å². The maximum Gasteiger partial charge on any atom is 0.254 e. The van der Waals surface area contributed by atoms with Crippen LogP contribution >= 0.6 is 11.3 Å². The molecule has 7 heteroatoms. The van der Waals surface area contributed by atoms with Crippen LogP contribution in [0.25, 0.3) is 0 Å². The van der Waals surface area contributed by atoms with Gasteiger partial charge in [0.05, 0.1) is 11.8 Å². The highest BCUT2D eigenvalue weighted by Gasteiger charge is 2.36. The van der Waals surface area contributed by atoms with Crippen molar-refractivity contribution in [2.45, 2.75) is 63.3 Å². The lowest BCUT2D eigenvalue weighted by Crippen LogP contribution is -2.49. The van der Waals surface area contributed by atoms with E-state index in [2.05, 4.69) is 11.0 Å². The van der Waals surface area contributed by atoms with Crippen molar-refractivity contribution in [1.82, 2.24) is 9.21 Å². The van der Waals surface area contributed by atoms with Crippen LogP contribution in [0.4, 0.5) is 0 Å². The molecule has 3 aliphatic rings. The number of carbonyl (C=O) groups excluding carboxylic acids is 1. The minimum Gasteiger partial charge on any atom is -0.335 e. The zero-order valence-corrected chi connectivity index (χ0v) is 17.7. The lowest BCUT2D eigenvalue weighted by Gasteiger charge is -2.44. The summed E-state index contributed by atoms with van der Waals surface area (Å²) < 4.78 is 25.0. The predicted octanol–water partition coefficient (Wildman–Crippen LogP) is 3.68. The number of hydrogen-bond donors (Lipinski definition) is 0. The Balaban J connectivity index is 1.42. The van der Waals surface area contributed by atoms with Crippen LogP contribution in [-0.4, -0.2) is 55.5 Å². The van der Waals surface area contributed by atoms with E-state index >= 15 is 0 Å². The first-order valence-corrected chi connectivity index (χ1v) is 13.0. The lowest BCUT2D eigenvalue weighted by molar-refractivity contribution is 0.0391. The number of hydrogen-bond acceptors (Lipinski definition) is 4. The lowest BCUT2D eigenvalue weighted by atomic mass is 9.78. The number of amides is 1. The van der Waals surface area contributed by atoms with Gasteiger partial charge in [0.2, 0.25) is 10.0 Å². The highest BCUT2D eigenvalue weighted by molar-refractivity contribution is 7.88. The van der Waals surface area contributed by atoms with Crippen LogP contribution < -0.4 is 0 Å². The van der Waals surface area contributed by atoms with Crippen LogP contribution in [-0.2, 0) is 10.0 Å². The zero-order valence-electron chi connectivity index (χ0n) is 16.1. The van der Waals surface area contributed by atoms with E-state index in [0.29, 0.717) is 31.0 Å². The number of fused-ring (bicyclic) bond motifs is 1. The van der Waals surface area contributed by atoms with Crippen LogP contribution in [0.3, 0.4) is 0 Å². The second-order valence-electron chi connectivity index (χ2n) is 8.43. The first-order valence-electron chi connectivity index (χ1n) is 10.3. The normalized spacial score (nSPS) is 28.1. The van der Waals surface area contributed by atoms with E-state index in [1.54, 1.807) is 15.6 Å². The maximum absolute atomic E-state index is 13.2. The Hall–Kier alpha value is -0.920. The monoisotopic (exact) mass is 410 g/mol. The van der Waals surface area contributed by atoms with E-state index in [0.717, 1.165) is 37.8 Å². The third kappa shape index (κ3) is 4.10. The van der Waals surface area contributed by atoms with E-state index in [1.165, 1.54) is 36.8 Å². The van der Waals surface area contributed by atoms with Gasteiger partial charge in [-0.3, -0.25) is 4.79 Å². The van der Waals surface area contributed by atoms with Gasteiger partial charge in [-0.15, -0.1) is 11.3 Å². The summed E-state index contributed by atoms with van der Waals surface area (Å²) in [6.45, 7) is 2.07. The molecular formula is C20H30N2O3S2. The molecule has 3 fully saturated rings. The molecule has 0 spiro atoms. The van der Waals surface area contributed by atoms with Crippen molar-refractivity contribution in [3.63, 3.8) is 0 Å². The average molecular weight is 411 g/mol. The average Bonchev–Trinajstić information content (AvgIpc) is 3.16. The summed E-state index contributed by atoms with van der Waals surface area (Å²) in [4.78, 5) is 16.6. The Morgan fingerprint density at radius 2 is 1.74 bits per heavy atom. The SMILES string of the molecule is CS(=O)(=O)N1CCC(c2cc(C(=O)N3CCCC4CCCCC43)cs2)CC1. The fourth-order valence-corrected chi connectivity index (χ4v) is 7.12. The van der Waals surface area contributed by atoms with Gasteiger partial charge in [0, 0.05) is 35.9 Å². The molecule has 3 heterocycles. The molecule has 0 bridgehead atoms. The number of piperidine rings is 2. The molecule has 150 valence electrons. The summed E-state index contributed by atoms with van der Waals surface area (Å²) in [5.41, 5.74) is 0.840. The third-order valence-electron chi connectivity index (χ3n) is 6.70. The predicted molar refractivity (Wildman–Crippen MR) is 109 cm³/mol. The van der Waals surface area contributed by atoms with Crippen LogP contribution in [0.1, 0.15) is 72.5 Å². The molecule has 0 N–H and O–H groups in total. The highest BCUT2D eigenvalue weighted by atomic mass is 32.2. The first-order chi connectivity index (χ1) is 12.9. The van der Waals surface area contributed by atoms with Crippen molar-refractivity contribution in [2.24, 2.45) is 5.92 Å². The first kappa shape index (κ1) is 19.4. The van der Waals surface area contributed by atoms with Crippen molar-refractivity contribution in [2.75, 3.05) is 25.9 Å². The number of rotatable bonds is 3. The molecule has 0 radical (unpaired) electrons. The molecule has 4 rings (SSSR count). The molecule has 1 saturated carbocycles. The number of carbonyl (C=O) groups is 1. The maximum atomic E-state index is 13.2. The van der Waals surface area contributed by atoms with Gasteiger partial charge >= 0.3 is 0 Å². The molecule has 2 saturated heterocycles. The van der Waals surface area contributed by atoms with Crippen molar-refractivity contribution in [1.29, 1.82) is 0 Å². The summed E-state index contributed by atoms with van der Waals surface area (Å²) in [7, 11) is -3.09. The van der Waals surface area contributed by atoms with Gasteiger partial charge in [0.25, 0.3) is 5.91 Å². The molecule has 1 aliphatic carbocycles. The van der Waals surface area contributed by atoms with Crippen LogP contribution in [0, 0.1) is 5.92 Å². The topological polar surface area (TPSA) is 57.7 Å². The zero-order chi connectivity index (χ0) is 19.0. The number of nitrogens with zero attached hydrogens (tertiary/aromatic N) is 2. The summed E-state index contributed by atoms with van der Waals surface area (Å²) in [5, 5.41) is 2.02. The minimum absolute atomic E-state index is 0.211. The van der Waals surface area contributed by atoms with E-state index in [-0.39, 0.29) is 5.91 Å². The highest BCUT2D eigenvalue weighted by Crippen LogP contribution is 2.37. The second kappa shape index (κ2) is 7.84. The Morgan fingerprint density at radius 3 is 2.48 bits per heavy atom. The Morgan fingerprint density at radius 1 is 1.04 bits per heavy atom. The van der Waals surface area contributed by atoms with Crippen LogP contribution in [0.2, 0.25) is 0 Å². The fourth-order valence-electron chi connectivity index (χ4n) is 5.19. The van der Waals surface area contributed by atoms with E-state index in [9.17, 15) is 13.2 Å². The van der Waals surface area contributed by atoms with Gasteiger partial charge < -0.3 is 4.90 Å². The van der Waals surface area contributed by atoms with E-state index in [1.807, 2.05) is 5.38 Å². The summed E-state index contributed by atoms with van der Waals surface area (Å²) >= 11 is 1.67. The third-order valence-corrected chi connectivity index (χ3v) is 9.09. The van der Waals surface area contributed by atoms with Crippen molar-refractivity contribution in [3.8, 4) is 0 Å². The molecular weight excluding hydrogens is 380 g/mol. The molecule has 1 amide bonds. The largest absolute Gasteiger partial charge is 0.335 e.